The third-order valence-corrected chi connectivity index (χ3v) is 12.7. The average molecular weight is 963 g/mol. The Kier molecular flexibility index (Phi) is 18.1. The molecule has 3 heteroatoms. The van der Waals surface area contributed by atoms with Crippen LogP contribution in [0.15, 0.2) is 158 Å². The Bertz CT molecular complexity index is 2460. The first-order valence-electron chi connectivity index (χ1n) is 22.5. The fraction of sp³-hybridized carbons (Fsp3) is 0.311. The summed E-state index contributed by atoms with van der Waals surface area (Å²) < 4.78 is 1.60. The summed E-state index contributed by atoms with van der Waals surface area (Å²) in [6.45, 7) is 27.7. The molecule has 0 aromatic heterocycles. The molecule has 0 saturated heterocycles. The van der Waals surface area contributed by atoms with Crippen molar-refractivity contribution in [3.63, 3.8) is 0 Å². The normalized spacial score (nSPS) is 12.5. The van der Waals surface area contributed by atoms with Gasteiger partial charge in [-0.2, -0.15) is 6.08 Å². The molecule has 1 aliphatic rings. The molecule has 0 amide bonds. The molecule has 64 heavy (non-hydrogen) atoms. The number of allylic oxidation sites excluding steroid dienone is 4. The van der Waals surface area contributed by atoms with Crippen LogP contribution in [0.1, 0.15) is 123 Å². The maximum atomic E-state index is 2.99. The summed E-state index contributed by atoms with van der Waals surface area (Å²) >= 11 is 1.55. The summed E-state index contributed by atoms with van der Waals surface area (Å²) in [7, 11) is 0. The van der Waals surface area contributed by atoms with Crippen molar-refractivity contribution < 1.29 is 49.0 Å². The van der Waals surface area contributed by atoms with Crippen LogP contribution in [0.2, 0.25) is 0 Å². The summed E-state index contributed by atoms with van der Waals surface area (Å²) in [6.07, 6.45) is 12.2. The summed E-state index contributed by atoms with van der Waals surface area (Å²) in [5, 5.41) is 5.37. The second-order valence-corrected chi connectivity index (χ2v) is 22.9. The van der Waals surface area contributed by atoms with Crippen molar-refractivity contribution in [3.05, 3.63) is 197 Å². The van der Waals surface area contributed by atoms with Gasteiger partial charge in [0, 0.05) is 0 Å². The molecule has 8 rings (SSSR count). The Morgan fingerprint density at radius 1 is 0.500 bits per heavy atom. The number of fused-ring (bicyclic) bond motifs is 3. The molecule has 0 radical (unpaired) electrons. The molecule has 0 fully saturated rings. The molecule has 7 aromatic rings. The van der Waals surface area contributed by atoms with Crippen LogP contribution in [-0.4, -0.2) is 3.21 Å². The van der Waals surface area contributed by atoms with E-state index in [0.717, 1.165) is 19.3 Å². The fourth-order valence-corrected chi connectivity index (χ4v) is 9.21. The first-order valence-corrected chi connectivity index (χ1v) is 23.7. The van der Waals surface area contributed by atoms with Crippen LogP contribution in [0.25, 0.3) is 43.8 Å². The fourth-order valence-electron chi connectivity index (χ4n) is 8.21. The van der Waals surface area contributed by atoms with Gasteiger partial charge < -0.3 is 24.8 Å². The summed E-state index contributed by atoms with van der Waals surface area (Å²) in [4.78, 5) is 0. The summed E-state index contributed by atoms with van der Waals surface area (Å²) in [5.74, 6) is 0. The first kappa shape index (κ1) is 52.6. The van der Waals surface area contributed by atoms with Gasteiger partial charge in [0.2, 0.25) is 0 Å². The molecule has 0 nitrogen and oxygen atoms in total. The average Bonchev–Trinajstić information content (AvgIpc) is 3.92. The van der Waals surface area contributed by atoms with Crippen LogP contribution < -0.4 is 24.8 Å². The SMILES string of the molecule is CC(C)(C)c1ccc(-c2cc3[cH-]c4cc(-c5ccc(C(C)(C)C)cc5)c(C(C)(C)C)cc4c3cc2C(C)(C)C)cc1.[C-]1=CC=CC1.[Cl-].[Cl-].[Zr+2]=[C](Cc1ccccc1)Cc1ccccc1. The Hall–Kier alpha value is -4.00. The van der Waals surface area contributed by atoms with Gasteiger partial charge in [-0.05, 0) is 66.2 Å². The molecular weight excluding hydrogens is 895 g/mol. The van der Waals surface area contributed by atoms with Gasteiger partial charge in [-0.25, -0.2) is 12.2 Å². The van der Waals surface area contributed by atoms with E-state index in [1.54, 1.807) is 27.4 Å². The van der Waals surface area contributed by atoms with Crippen molar-refractivity contribution >= 4 is 24.8 Å². The van der Waals surface area contributed by atoms with E-state index >= 15 is 0 Å². The minimum absolute atomic E-state index is 0. The Balaban J connectivity index is 0.000000321. The van der Waals surface area contributed by atoms with Gasteiger partial charge in [-0.1, -0.05) is 144 Å². The van der Waals surface area contributed by atoms with Crippen molar-refractivity contribution in [2.24, 2.45) is 0 Å². The van der Waals surface area contributed by atoms with Gasteiger partial charge in [-0.15, -0.1) is 46.2 Å². The molecular formula is C61H68Cl2Zr-2. The zero-order valence-corrected chi connectivity index (χ0v) is 44.4. The van der Waals surface area contributed by atoms with Gasteiger partial charge in [-0.3, -0.25) is 6.08 Å². The van der Waals surface area contributed by atoms with Crippen LogP contribution in [0.5, 0.6) is 0 Å². The number of hydrogen-bond acceptors (Lipinski definition) is 0. The van der Waals surface area contributed by atoms with Crippen LogP contribution in [-0.2, 0) is 58.7 Å². The number of benzene rings is 6. The van der Waals surface area contributed by atoms with Crippen LogP contribution in [0.4, 0.5) is 0 Å². The van der Waals surface area contributed by atoms with Crippen molar-refractivity contribution in [1.82, 2.24) is 0 Å². The molecule has 0 spiro atoms. The molecule has 0 saturated carbocycles. The van der Waals surface area contributed by atoms with E-state index in [-0.39, 0.29) is 46.5 Å². The predicted molar refractivity (Wildman–Crippen MR) is 270 cm³/mol. The van der Waals surface area contributed by atoms with Gasteiger partial charge in [0.25, 0.3) is 0 Å². The molecule has 0 aliphatic heterocycles. The van der Waals surface area contributed by atoms with Crippen LogP contribution >= 0.6 is 0 Å². The van der Waals surface area contributed by atoms with E-state index in [9.17, 15) is 0 Å². The quantitative estimate of drug-likeness (QED) is 0.146. The van der Waals surface area contributed by atoms with E-state index in [1.165, 1.54) is 77.2 Å². The first-order chi connectivity index (χ1) is 29.2. The third kappa shape index (κ3) is 13.8. The third-order valence-electron chi connectivity index (χ3n) is 11.8. The van der Waals surface area contributed by atoms with Crippen molar-refractivity contribution in [2.75, 3.05) is 0 Å². The van der Waals surface area contributed by atoms with Crippen LogP contribution in [0.3, 0.4) is 0 Å². The minimum atomic E-state index is 0. The van der Waals surface area contributed by atoms with Gasteiger partial charge in [0.15, 0.2) is 0 Å². The predicted octanol–water partition coefficient (Wildman–Crippen LogP) is 10.7. The summed E-state index contributed by atoms with van der Waals surface area (Å²) in [6, 6.07) is 52.1. The molecule has 0 atom stereocenters. The van der Waals surface area contributed by atoms with Crippen molar-refractivity contribution in [2.45, 2.75) is 124 Å². The number of halogens is 2. The monoisotopic (exact) mass is 960 g/mol. The second kappa shape index (κ2) is 22.0. The summed E-state index contributed by atoms with van der Waals surface area (Å²) in [5.41, 5.74) is 14.0. The van der Waals surface area contributed by atoms with E-state index in [4.69, 9.17) is 0 Å². The topological polar surface area (TPSA) is 0 Å². The second-order valence-electron chi connectivity index (χ2n) is 21.2. The maximum absolute atomic E-state index is 2.99. The molecule has 0 heterocycles. The Morgan fingerprint density at radius 2 is 0.875 bits per heavy atom. The van der Waals surface area contributed by atoms with Gasteiger partial charge in [0.1, 0.15) is 0 Å². The molecule has 0 N–H and O–H groups in total. The van der Waals surface area contributed by atoms with E-state index in [0.29, 0.717) is 0 Å². The molecule has 0 unspecified atom stereocenters. The zero-order valence-electron chi connectivity index (χ0n) is 40.4. The zero-order chi connectivity index (χ0) is 44.9. The molecule has 1 aliphatic carbocycles. The molecule has 7 aromatic carbocycles. The standard InChI is InChI=1S/C41H49.C15H14.C5H5.2ClH.Zr/c1-38(2,3)30-17-13-26(14-18-30)34-22-28-21-29-23-35(27-15-19-31(20-16-27)39(4,5)6)37(41(10,11)12)25-33(29)32(28)24-36(34)40(7,8)9;1-3-8-14(9-4-1)12-7-13-15-10-5-2-6-11-15;1-2-4-5-3-1;;;/h13-25H,1-12H3;1-6,8-11H,12-13H2;1-3H,4H2;2*1H;/q-1;;-1;;;+2/p-2. The van der Waals surface area contributed by atoms with Crippen LogP contribution in [0, 0.1) is 6.08 Å². The van der Waals surface area contributed by atoms with E-state index in [2.05, 4.69) is 235 Å². The molecule has 0 bridgehead atoms. The Labute approximate surface area is 414 Å². The Morgan fingerprint density at radius 3 is 1.16 bits per heavy atom. The number of hydrogen-bond donors (Lipinski definition) is 0. The van der Waals surface area contributed by atoms with Gasteiger partial charge in [0.05, 0.1) is 0 Å². The number of rotatable bonds is 6. The van der Waals surface area contributed by atoms with Crippen molar-refractivity contribution in [3.8, 4) is 22.3 Å². The van der Waals surface area contributed by atoms with Crippen molar-refractivity contribution in [1.29, 1.82) is 0 Å². The van der Waals surface area contributed by atoms with Gasteiger partial charge >= 0.3 is 112 Å². The molecule has 332 valence electrons. The van der Waals surface area contributed by atoms with E-state index in [1.807, 2.05) is 12.2 Å². The van der Waals surface area contributed by atoms with E-state index < -0.39 is 0 Å².